The van der Waals surface area contributed by atoms with Crippen molar-refractivity contribution in [1.29, 1.82) is 5.26 Å². The lowest BCUT2D eigenvalue weighted by atomic mass is 10.1. The maximum Gasteiger partial charge on any atom is 0.277 e. The molecule has 1 aromatic carbocycles. The Kier molecular flexibility index (Phi) is 3.13. The molecule has 0 saturated carbocycles. The number of anilines is 1. The quantitative estimate of drug-likeness (QED) is 0.849. The molecule has 20 heavy (non-hydrogen) atoms. The second kappa shape index (κ2) is 4.95. The van der Waals surface area contributed by atoms with E-state index in [0.29, 0.717) is 16.3 Å². The number of hydrogen-bond donors (Lipinski definition) is 0. The molecule has 1 aliphatic heterocycles. The van der Waals surface area contributed by atoms with Gasteiger partial charge in [0.25, 0.3) is 5.91 Å². The first-order valence-electron chi connectivity index (χ1n) is 6.14. The highest BCUT2D eigenvalue weighted by Crippen LogP contribution is 2.41. The van der Waals surface area contributed by atoms with Gasteiger partial charge < -0.3 is 0 Å². The van der Waals surface area contributed by atoms with Gasteiger partial charge in [0.2, 0.25) is 0 Å². The number of nitriles is 1. The molecule has 0 aliphatic carbocycles. The van der Waals surface area contributed by atoms with Gasteiger partial charge >= 0.3 is 0 Å². The van der Waals surface area contributed by atoms with E-state index in [1.54, 1.807) is 11.0 Å². The van der Waals surface area contributed by atoms with Crippen molar-refractivity contribution in [3.05, 3.63) is 58.9 Å². The maximum atomic E-state index is 12.5. The Morgan fingerprint density at radius 2 is 2.05 bits per heavy atom. The van der Waals surface area contributed by atoms with Crippen LogP contribution in [-0.4, -0.2) is 10.9 Å². The third-order valence-electron chi connectivity index (χ3n) is 3.32. The molecule has 0 fully saturated rings. The van der Waals surface area contributed by atoms with Crippen LogP contribution in [0.2, 0.25) is 5.02 Å². The van der Waals surface area contributed by atoms with Crippen molar-refractivity contribution in [1.82, 2.24) is 4.98 Å². The number of amides is 1. The van der Waals surface area contributed by atoms with Crippen molar-refractivity contribution in [2.24, 2.45) is 0 Å². The van der Waals surface area contributed by atoms with Gasteiger partial charge in [0, 0.05) is 22.5 Å². The van der Waals surface area contributed by atoms with Gasteiger partial charge in [0.1, 0.15) is 5.69 Å². The molecule has 1 aliphatic rings. The number of aromatic nitrogens is 1. The minimum atomic E-state index is -0.383. The van der Waals surface area contributed by atoms with Crippen LogP contribution < -0.4 is 4.90 Å². The van der Waals surface area contributed by atoms with Gasteiger partial charge in [-0.2, -0.15) is 5.26 Å². The molecule has 0 spiro atoms. The van der Waals surface area contributed by atoms with Gasteiger partial charge in [-0.3, -0.25) is 14.7 Å². The average molecular weight is 284 g/mol. The number of halogens is 1. The Morgan fingerprint density at radius 3 is 2.75 bits per heavy atom. The summed E-state index contributed by atoms with van der Waals surface area (Å²) in [5.41, 5.74) is 1.72. The van der Waals surface area contributed by atoms with Gasteiger partial charge in [0.05, 0.1) is 18.5 Å². The molecule has 5 heteroatoms. The molecule has 1 aromatic heterocycles. The Labute approximate surface area is 121 Å². The van der Waals surface area contributed by atoms with Crippen LogP contribution >= 0.6 is 11.6 Å². The summed E-state index contributed by atoms with van der Waals surface area (Å²) in [5.74, 6) is -0.214. The van der Waals surface area contributed by atoms with E-state index in [-0.39, 0.29) is 18.4 Å². The smallest absolute Gasteiger partial charge is 0.277 e. The average Bonchev–Trinajstić information content (AvgIpc) is 2.75. The third kappa shape index (κ3) is 1.84. The van der Waals surface area contributed by atoms with E-state index in [2.05, 4.69) is 11.1 Å². The zero-order valence-electron chi connectivity index (χ0n) is 10.5. The number of carbonyl (C=O) groups excluding carboxylic acids is 1. The Morgan fingerprint density at radius 1 is 1.30 bits per heavy atom. The molecule has 3 rings (SSSR count). The molecule has 4 nitrogen and oxygen atoms in total. The highest BCUT2D eigenvalue weighted by molar-refractivity contribution is 6.32. The fourth-order valence-electron chi connectivity index (χ4n) is 2.49. The van der Waals surface area contributed by atoms with Crippen LogP contribution in [0.4, 0.5) is 5.69 Å². The summed E-state index contributed by atoms with van der Waals surface area (Å²) < 4.78 is 0. The van der Waals surface area contributed by atoms with Gasteiger partial charge in [-0.15, -0.1) is 0 Å². The summed E-state index contributed by atoms with van der Waals surface area (Å²) in [4.78, 5) is 18.2. The maximum absolute atomic E-state index is 12.5. The summed E-state index contributed by atoms with van der Waals surface area (Å²) in [6, 6.07) is 12.6. The first-order valence-corrected chi connectivity index (χ1v) is 6.52. The summed E-state index contributed by atoms with van der Waals surface area (Å²) in [5, 5.41) is 9.52. The zero-order valence-corrected chi connectivity index (χ0v) is 11.2. The van der Waals surface area contributed by atoms with Crippen molar-refractivity contribution in [3.8, 4) is 6.07 Å². The van der Waals surface area contributed by atoms with Crippen LogP contribution in [-0.2, 0) is 0 Å². The van der Waals surface area contributed by atoms with E-state index in [4.69, 9.17) is 16.9 Å². The molecule has 0 N–H and O–H groups in total. The summed E-state index contributed by atoms with van der Waals surface area (Å²) in [6.07, 6.45) is 1.69. The Hall–Kier alpha value is -2.38. The van der Waals surface area contributed by atoms with Crippen molar-refractivity contribution < 1.29 is 4.79 Å². The van der Waals surface area contributed by atoms with Crippen LogP contribution in [0.1, 0.15) is 28.5 Å². The fraction of sp³-hybridized carbons (Fsp3) is 0.133. The second-order valence-corrected chi connectivity index (χ2v) is 4.85. The first kappa shape index (κ1) is 12.6. The van der Waals surface area contributed by atoms with Crippen LogP contribution in [0.25, 0.3) is 0 Å². The molecule has 0 bridgehead atoms. The minimum absolute atomic E-state index is 0.180. The van der Waals surface area contributed by atoms with Crippen LogP contribution in [0.5, 0.6) is 0 Å². The standard InChI is InChI=1S/C15H10ClN3O/c16-11-7-9-18-14-13(11)12(6-8-17)19(15(14)20)10-4-2-1-3-5-10/h1-5,7,9,12H,6H2. The predicted molar refractivity (Wildman–Crippen MR) is 75.5 cm³/mol. The van der Waals surface area contributed by atoms with Crippen LogP contribution in [0, 0.1) is 11.3 Å². The van der Waals surface area contributed by atoms with Gasteiger partial charge in [-0.1, -0.05) is 29.8 Å². The highest BCUT2D eigenvalue weighted by Gasteiger charge is 2.40. The molecule has 2 heterocycles. The van der Waals surface area contributed by atoms with Crippen molar-refractivity contribution in [3.63, 3.8) is 0 Å². The van der Waals surface area contributed by atoms with Crippen molar-refractivity contribution in [2.75, 3.05) is 4.90 Å². The first-order chi connectivity index (χ1) is 9.74. The van der Waals surface area contributed by atoms with Gasteiger partial charge in [0.15, 0.2) is 0 Å². The molecule has 2 aromatic rings. The topological polar surface area (TPSA) is 57.0 Å². The van der Waals surface area contributed by atoms with Gasteiger partial charge in [-0.25, -0.2) is 0 Å². The zero-order chi connectivity index (χ0) is 14.1. The van der Waals surface area contributed by atoms with Crippen molar-refractivity contribution in [2.45, 2.75) is 12.5 Å². The predicted octanol–water partition coefficient (Wildman–Crippen LogP) is 3.35. The largest absolute Gasteiger partial charge is 0.298 e. The molecular formula is C15H10ClN3O. The van der Waals surface area contributed by atoms with Crippen LogP contribution in [0.15, 0.2) is 42.6 Å². The summed E-state index contributed by atoms with van der Waals surface area (Å²) >= 11 is 6.19. The number of hydrogen-bond acceptors (Lipinski definition) is 3. The second-order valence-electron chi connectivity index (χ2n) is 4.44. The SMILES string of the molecule is N#CCC1c2c(Cl)ccnc2C(=O)N1c1ccccc1. The lowest BCUT2D eigenvalue weighted by molar-refractivity contribution is 0.0987. The molecule has 1 unspecified atom stereocenters. The number of rotatable bonds is 2. The summed E-state index contributed by atoms with van der Waals surface area (Å²) in [7, 11) is 0. The van der Waals surface area contributed by atoms with Gasteiger partial charge in [-0.05, 0) is 18.2 Å². The Balaban J connectivity index is 2.16. The number of carbonyl (C=O) groups is 1. The summed E-state index contributed by atoms with van der Waals surface area (Å²) in [6.45, 7) is 0. The normalized spacial score (nSPS) is 16.9. The number of fused-ring (bicyclic) bond motifs is 1. The van der Waals surface area contributed by atoms with E-state index >= 15 is 0 Å². The molecule has 0 radical (unpaired) electrons. The Bertz CT molecular complexity index is 709. The lowest BCUT2D eigenvalue weighted by Gasteiger charge is -2.23. The van der Waals surface area contributed by atoms with E-state index in [9.17, 15) is 4.79 Å². The number of benzene rings is 1. The molecular weight excluding hydrogens is 274 g/mol. The molecule has 1 atom stereocenters. The van der Waals surface area contributed by atoms with E-state index < -0.39 is 0 Å². The van der Waals surface area contributed by atoms with Crippen molar-refractivity contribution >= 4 is 23.2 Å². The van der Waals surface area contributed by atoms with E-state index in [0.717, 1.165) is 5.69 Å². The van der Waals surface area contributed by atoms with E-state index in [1.807, 2.05) is 30.3 Å². The van der Waals surface area contributed by atoms with E-state index in [1.165, 1.54) is 6.20 Å². The fourth-order valence-corrected chi connectivity index (χ4v) is 2.76. The number of pyridine rings is 1. The third-order valence-corrected chi connectivity index (χ3v) is 3.65. The van der Waals surface area contributed by atoms with Crippen LogP contribution in [0.3, 0.4) is 0 Å². The molecule has 98 valence electrons. The minimum Gasteiger partial charge on any atom is -0.298 e. The number of nitrogens with zero attached hydrogens (tertiary/aromatic N) is 3. The highest BCUT2D eigenvalue weighted by atomic mass is 35.5. The monoisotopic (exact) mass is 283 g/mol. The molecule has 0 saturated heterocycles. The number of para-hydroxylation sites is 1. The lowest BCUT2D eigenvalue weighted by Crippen LogP contribution is -2.27. The molecule has 1 amide bonds.